The van der Waals surface area contributed by atoms with Gasteiger partial charge in [0, 0.05) is 12.2 Å². The lowest BCUT2D eigenvalue weighted by molar-refractivity contribution is 0.102. The molecule has 2 rings (SSSR count). The summed E-state index contributed by atoms with van der Waals surface area (Å²) in [4.78, 5) is 0. The largest absolute Gasteiger partial charge is 0.496 e. The van der Waals surface area contributed by atoms with Crippen LogP contribution in [0.5, 0.6) is 5.75 Å². The van der Waals surface area contributed by atoms with Crippen LogP contribution in [-0.4, -0.2) is 26.8 Å². The van der Waals surface area contributed by atoms with E-state index in [0.29, 0.717) is 12.2 Å². The van der Waals surface area contributed by atoms with Crippen molar-refractivity contribution in [2.45, 2.75) is 25.9 Å². The maximum Gasteiger partial charge on any atom is 0.124 e. The van der Waals surface area contributed by atoms with Gasteiger partial charge < -0.3 is 14.8 Å². The average molecular weight is 274 g/mol. The van der Waals surface area contributed by atoms with Crippen molar-refractivity contribution in [2.24, 2.45) is 5.92 Å². The predicted molar refractivity (Wildman–Crippen MR) is 77.6 cm³/mol. The number of hydrogen-bond donors (Lipinski definition) is 1. The molecule has 1 unspecified atom stereocenters. The van der Waals surface area contributed by atoms with E-state index in [9.17, 15) is 0 Å². The van der Waals surface area contributed by atoms with E-state index in [-0.39, 0.29) is 0 Å². The third kappa shape index (κ3) is 4.22. The minimum Gasteiger partial charge on any atom is -0.496 e. The van der Waals surface area contributed by atoms with Gasteiger partial charge in [-0.3, -0.25) is 0 Å². The van der Waals surface area contributed by atoms with Crippen LogP contribution in [0.25, 0.3) is 0 Å². The Balaban J connectivity index is 1.79. The third-order valence-corrected chi connectivity index (χ3v) is 3.74. The van der Waals surface area contributed by atoms with Gasteiger partial charge in [0.25, 0.3) is 0 Å². The van der Waals surface area contributed by atoms with Gasteiger partial charge in [-0.2, -0.15) is 5.26 Å². The second kappa shape index (κ2) is 7.88. The molecule has 1 fully saturated rings. The summed E-state index contributed by atoms with van der Waals surface area (Å²) in [6.45, 7) is 3.51. The molecule has 1 aromatic rings. The molecule has 1 aliphatic rings. The summed E-state index contributed by atoms with van der Waals surface area (Å²) < 4.78 is 11.0. The Labute approximate surface area is 120 Å². The number of nitrogens with one attached hydrogen (secondary N) is 1. The molecule has 20 heavy (non-hydrogen) atoms. The first-order chi connectivity index (χ1) is 9.83. The lowest BCUT2D eigenvalue weighted by Crippen LogP contribution is -2.30. The second-order valence-electron chi connectivity index (χ2n) is 5.19. The van der Waals surface area contributed by atoms with Crippen molar-refractivity contribution in [3.63, 3.8) is 0 Å². The van der Waals surface area contributed by atoms with Crippen molar-refractivity contribution >= 4 is 0 Å². The van der Waals surface area contributed by atoms with E-state index in [1.54, 1.807) is 13.2 Å². The van der Waals surface area contributed by atoms with E-state index < -0.39 is 0 Å². The Kier molecular flexibility index (Phi) is 5.85. The van der Waals surface area contributed by atoms with Gasteiger partial charge in [-0.1, -0.05) is 0 Å². The second-order valence-corrected chi connectivity index (χ2v) is 5.19. The Morgan fingerprint density at radius 2 is 2.35 bits per heavy atom. The fourth-order valence-electron chi connectivity index (χ4n) is 2.56. The minimum atomic E-state index is 0.499. The lowest BCUT2D eigenvalue weighted by atomic mass is 9.97. The van der Waals surface area contributed by atoms with Crippen molar-refractivity contribution in [1.82, 2.24) is 5.32 Å². The topological polar surface area (TPSA) is 54.3 Å². The standard InChI is InChI=1S/C16H22N2O2/c1-19-16-5-4-14(10-17)9-15(16)12-20-8-6-13-3-2-7-18-11-13/h4-5,9,13,18H,2-3,6-8,11-12H2,1H3. The summed E-state index contributed by atoms with van der Waals surface area (Å²) >= 11 is 0. The molecule has 0 bridgehead atoms. The molecule has 0 aliphatic carbocycles. The van der Waals surface area contributed by atoms with E-state index in [0.717, 1.165) is 43.3 Å². The molecule has 1 heterocycles. The van der Waals surface area contributed by atoms with E-state index in [1.807, 2.05) is 12.1 Å². The zero-order chi connectivity index (χ0) is 14.2. The molecule has 4 heteroatoms. The highest BCUT2D eigenvalue weighted by Crippen LogP contribution is 2.21. The molecule has 108 valence electrons. The van der Waals surface area contributed by atoms with Gasteiger partial charge in [-0.15, -0.1) is 0 Å². The van der Waals surface area contributed by atoms with E-state index in [1.165, 1.54) is 12.8 Å². The Morgan fingerprint density at radius 1 is 1.45 bits per heavy atom. The van der Waals surface area contributed by atoms with E-state index >= 15 is 0 Å². The molecular formula is C16H22N2O2. The summed E-state index contributed by atoms with van der Waals surface area (Å²) in [6, 6.07) is 7.56. The van der Waals surface area contributed by atoms with Gasteiger partial charge in [0.1, 0.15) is 5.75 Å². The van der Waals surface area contributed by atoms with Crippen molar-refractivity contribution in [3.8, 4) is 11.8 Å². The molecule has 1 aliphatic heterocycles. The molecule has 0 aromatic heterocycles. The van der Waals surface area contributed by atoms with Gasteiger partial charge in [0.05, 0.1) is 25.3 Å². The quantitative estimate of drug-likeness (QED) is 0.810. The molecule has 1 atom stereocenters. The smallest absolute Gasteiger partial charge is 0.124 e. The monoisotopic (exact) mass is 274 g/mol. The third-order valence-electron chi connectivity index (χ3n) is 3.74. The molecule has 0 spiro atoms. The van der Waals surface area contributed by atoms with E-state index in [4.69, 9.17) is 14.7 Å². The van der Waals surface area contributed by atoms with Crippen LogP contribution in [0.1, 0.15) is 30.4 Å². The van der Waals surface area contributed by atoms with Gasteiger partial charge in [-0.25, -0.2) is 0 Å². The first-order valence-electron chi connectivity index (χ1n) is 7.19. The van der Waals surface area contributed by atoms with Gasteiger partial charge in [0.2, 0.25) is 0 Å². The number of nitriles is 1. The predicted octanol–water partition coefficient (Wildman–Crippen LogP) is 2.47. The summed E-state index contributed by atoms with van der Waals surface area (Å²) in [5.41, 5.74) is 1.58. The molecule has 0 radical (unpaired) electrons. The highest BCUT2D eigenvalue weighted by Gasteiger charge is 2.12. The van der Waals surface area contributed by atoms with Crippen LogP contribution < -0.4 is 10.1 Å². The van der Waals surface area contributed by atoms with Crippen molar-refractivity contribution in [1.29, 1.82) is 5.26 Å². The molecule has 1 N–H and O–H groups in total. The Hall–Kier alpha value is -1.57. The van der Waals surface area contributed by atoms with Crippen molar-refractivity contribution in [3.05, 3.63) is 29.3 Å². The van der Waals surface area contributed by atoms with E-state index in [2.05, 4.69) is 11.4 Å². The zero-order valence-corrected chi connectivity index (χ0v) is 12.0. The van der Waals surface area contributed by atoms with Gasteiger partial charge >= 0.3 is 0 Å². The Morgan fingerprint density at radius 3 is 3.05 bits per heavy atom. The summed E-state index contributed by atoms with van der Waals surface area (Å²) in [6.07, 6.45) is 3.65. The van der Waals surface area contributed by atoms with Crippen LogP contribution in [0.4, 0.5) is 0 Å². The number of nitrogens with zero attached hydrogens (tertiary/aromatic N) is 1. The van der Waals surface area contributed by atoms with Crippen LogP contribution in [0.3, 0.4) is 0 Å². The van der Waals surface area contributed by atoms with Crippen LogP contribution in [0.2, 0.25) is 0 Å². The summed E-state index contributed by atoms with van der Waals surface area (Å²) in [5.74, 6) is 1.51. The zero-order valence-electron chi connectivity index (χ0n) is 12.0. The fourth-order valence-corrected chi connectivity index (χ4v) is 2.56. The van der Waals surface area contributed by atoms with Crippen LogP contribution in [0, 0.1) is 17.2 Å². The molecule has 4 nitrogen and oxygen atoms in total. The van der Waals surface area contributed by atoms with Crippen LogP contribution in [-0.2, 0) is 11.3 Å². The fraction of sp³-hybridized carbons (Fsp3) is 0.562. The minimum absolute atomic E-state index is 0.499. The maximum atomic E-state index is 8.93. The van der Waals surface area contributed by atoms with Crippen LogP contribution >= 0.6 is 0 Å². The lowest BCUT2D eigenvalue weighted by Gasteiger charge is -2.22. The summed E-state index contributed by atoms with van der Waals surface area (Å²) in [5, 5.41) is 12.3. The number of methoxy groups -OCH3 is 1. The van der Waals surface area contributed by atoms with Gasteiger partial charge in [-0.05, 0) is 56.5 Å². The first kappa shape index (κ1) is 14.8. The van der Waals surface area contributed by atoms with Crippen molar-refractivity contribution in [2.75, 3.05) is 26.8 Å². The van der Waals surface area contributed by atoms with Gasteiger partial charge in [0.15, 0.2) is 0 Å². The molecular weight excluding hydrogens is 252 g/mol. The highest BCUT2D eigenvalue weighted by atomic mass is 16.5. The number of piperidine rings is 1. The average Bonchev–Trinajstić information content (AvgIpc) is 2.52. The molecule has 1 saturated heterocycles. The first-order valence-corrected chi connectivity index (χ1v) is 7.19. The normalized spacial score (nSPS) is 18.5. The maximum absolute atomic E-state index is 8.93. The van der Waals surface area contributed by atoms with Crippen LogP contribution in [0.15, 0.2) is 18.2 Å². The number of rotatable bonds is 6. The number of hydrogen-bond acceptors (Lipinski definition) is 4. The van der Waals surface area contributed by atoms with Crippen molar-refractivity contribution < 1.29 is 9.47 Å². The highest BCUT2D eigenvalue weighted by molar-refractivity contribution is 5.41. The SMILES string of the molecule is COc1ccc(C#N)cc1COCCC1CCCNC1. The molecule has 0 amide bonds. The number of benzene rings is 1. The number of ether oxygens (including phenoxy) is 2. The molecule has 0 saturated carbocycles. The Bertz CT molecular complexity index is 462. The summed E-state index contributed by atoms with van der Waals surface area (Å²) in [7, 11) is 1.64. The molecule has 1 aromatic carbocycles.